The minimum atomic E-state index is 0. The largest absolute Gasteiger partial charge is 0.360 e. The highest BCUT2D eigenvalue weighted by Crippen LogP contribution is 2.11. The molecule has 1 aliphatic heterocycles. The van der Waals surface area contributed by atoms with E-state index in [0.717, 1.165) is 19.6 Å². The Balaban J connectivity index is 0.000001000. The summed E-state index contributed by atoms with van der Waals surface area (Å²) in [4.78, 5) is 0. The van der Waals surface area contributed by atoms with Crippen molar-refractivity contribution in [2.24, 2.45) is 0 Å². The van der Waals surface area contributed by atoms with Crippen LogP contribution in [0.1, 0.15) is 12.8 Å². The average molecular weight is 191 g/mol. The molecule has 1 aliphatic rings. The molecule has 2 nitrogen and oxygen atoms in total. The third-order valence-corrected chi connectivity index (χ3v) is 2.94. The van der Waals surface area contributed by atoms with Crippen molar-refractivity contribution in [2.45, 2.75) is 28.7 Å². The van der Waals surface area contributed by atoms with Crippen LogP contribution in [0, 0.1) is 0 Å². The fraction of sp³-hybridized carbons (Fsp3) is 1.00. The van der Waals surface area contributed by atoms with Crippen LogP contribution in [0.25, 0.3) is 0 Å². The molecule has 0 aromatic heterocycles. The van der Waals surface area contributed by atoms with Crippen molar-refractivity contribution in [1.82, 2.24) is 0 Å². The minimum absolute atomic E-state index is 0. The van der Waals surface area contributed by atoms with Crippen molar-refractivity contribution in [2.75, 3.05) is 13.2 Å². The summed E-state index contributed by atoms with van der Waals surface area (Å²) >= 11 is 0.265. The van der Waals surface area contributed by atoms with E-state index in [0.29, 0.717) is 0 Å². The molecule has 1 rings (SSSR count). The summed E-state index contributed by atoms with van der Waals surface area (Å²) in [6, 6.07) is 0. The molecule has 0 aromatic carbocycles. The van der Waals surface area contributed by atoms with Gasteiger partial charge in [-0.25, -0.2) is 0 Å². The first-order valence-corrected chi connectivity index (χ1v) is 6.58. The molecule has 0 aromatic rings. The van der Waals surface area contributed by atoms with Gasteiger partial charge in [0.15, 0.2) is 6.29 Å². The van der Waals surface area contributed by atoms with E-state index in [1.807, 2.05) is 0 Å². The topological polar surface area (TPSA) is 18.5 Å². The molecular weight excluding hydrogens is 176 g/mol. The van der Waals surface area contributed by atoms with Gasteiger partial charge < -0.3 is 9.47 Å². The van der Waals surface area contributed by atoms with Gasteiger partial charge >= 0.3 is 20.4 Å². The Kier molecular flexibility index (Phi) is 8.29. The predicted octanol–water partition coefficient (Wildman–Crippen LogP) is 1.73. The molecule has 0 radical (unpaired) electrons. The van der Waals surface area contributed by atoms with Crippen LogP contribution in [-0.4, -0.2) is 39.9 Å². The molecule has 11 heavy (non-hydrogen) atoms. The van der Waals surface area contributed by atoms with E-state index in [2.05, 4.69) is 5.05 Å². The second kappa shape index (κ2) is 7.62. The third kappa shape index (κ3) is 5.25. The van der Waals surface area contributed by atoms with Crippen LogP contribution in [0.5, 0.6) is 0 Å². The molecule has 0 unspecified atom stereocenters. The van der Waals surface area contributed by atoms with Gasteiger partial charge in [0.25, 0.3) is 0 Å². The van der Waals surface area contributed by atoms with E-state index in [9.17, 15) is 0 Å². The van der Waals surface area contributed by atoms with E-state index in [1.54, 1.807) is 0 Å². The first-order chi connectivity index (χ1) is 4.93. The van der Waals surface area contributed by atoms with Gasteiger partial charge in [0.05, 0.1) is 13.2 Å². The standard InChI is InChI=1S/C6H11O2.CH3.ClH.Mg/c1-2-3-6-7-4-5-8-6;;;/h6H,1-5H2;1H3;1H;. The zero-order chi connectivity index (χ0) is 7.23. The molecule has 0 N–H and O–H groups in total. The van der Waals surface area contributed by atoms with Gasteiger partial charge in [-0.3, -0.25) is 0 Å². The van der Waals surface area contributed by atoms with Gasteiger partial charge in [-0.1, -0.05) is 6.42 Å². The van der Waals surface area contributed by atoms with E-state index >= 15 is 0 Å². The van der Waals surface area contributed by atoms with Crippen molar-refractivity contribution < 1.29 is 9.47 Å². The summed E-state index contributed by atoms with van der Waals surface area (Å²) < 4.78 is 12.0. The normalized spacial score (nSPS) is 17.5. The van der Waals surface area contributed by atoms with Crippen molar-refractivity contribution in [3.05, 3.63) is 0 Å². The van der Waals surface area contributed by atoms with E-state index < -0.39 is 0 Å². The quantitative estimate of drug-likeness (QED) is 0.497. The maximum atomic E-state index is 5.29. The Labute approximate surface area is 84.1 Å². The molecular formula is C7H15ClMgO2. The molecule has 0 saturated carbocycles. The fourth-order valence-corrected chi connectivity index (χ4v) is 1.92. The lowest BCUT2D eigenvalue weighted by molar-refractivity contribution is -0.0468. The number of hydrogen-bond acceptors (Lipinski definition) is 2. The van der Waals surface area contributed by atoms with Gasteiger partial charge in [-0.2, -0.15) is 5.05 Å². The molecule has 64 valence electrons. The van der Waals surface area contributed by atoms with Crippen molar-refractivity contribution in [3.63, 3.8) is 0 Å². The summed E-state index contributed by atoms with van der Waals surface area (Å²) in [5.74, 6) is 0. The van der Waals surface area contributed by atoms with Crippen molar-refractivity contribution >= 4 is 32.8 Å². The van der Waals surface area contributed by atoms with Gasteiger partial charge in [0.2, 0.25) is 0 Å². The van der Waals surface area contributed by atoms with Crippen LogP contribution in [0.4, 0.5) is 0 Å². The second-order valence-corrected chi connectivity index (χ2v) is 4.37. The second-order valence-electron chi connectivity index (χ2n) is 2.67. The first-order valence-electron chi connectivity index (χ1n) is 4.16. The molecule has 4 heteroatoms. The summed E-state index contributed by atoms with van der Waals surface area (Å²) in [5, 5.41) is 2.34. The zero-order valence-corrected chi connectivity index (χ0v) is 9.28. The van der Waals surface area contributed by atoms with Crippen LogP contribution in [-0.2, 0) is 9.47 Å². The zero-order valence-electron chi connectivity index (χ0n) is 7.04. The SMILES string of the molecule is Cl.[CH3][Mg][CH2]CCC1OCCO1. The highest BCUT2D eigenvalue weighted by molar-refractivity contribution is 6.33. The minimum Gasteiger partial charge on any atom is -0.350 e. The van der Waals surface area contributed by atoms with E-state index in [1.165, 1.54) is 11.0 Å². The lowest BCUT2D eigenvalue weighted by Gasteiger charge is -2.06. The van der Waals surface area contributed by atoms with Crippen molar-refractivity contribution in [3.8, 4) is 0 Å². The van der Waals surface area contributed by atoms with Crippen LogP contribution in [0.3, 0.4) is 0 Å². The molecule has 0 amide bonds. The lowest BCUT2D eigenvalue weighted by Crippen LogP contribution is -2.06. The highest BCUT2D eigenvalue weighted by atomic mass is 35.5. The smallest absolute Gasteiger partial charge is 0.350 e. The number of ether oxygens (including phenoxy) is 2. The summed E-state index contributed by atoms with van der Waals surface area (Å²) in [6.07, 6.45) is 2.55. The summed E-state index contributed by atoms with van der Waals surface area (Å²) in [7, 11) is 0. The number of rotatable bonds is 4. The number of hydrogen-bond donors (Lipinski definition) is 0. The van der Waals surface area contributed by atoms with E-state index in [4.69, 9.17) is 9.47 Å². The van der Waals surface area contributed by atoms with Gasteiger partial charge in [0, 0.05) is 0 Å². The predicted molar refractivity (Wildman–Crippen MR) is 48.6 cm³/mol. The maximum Gasteiger partial charge on any atom is 0.360 e. The molecule has 1 heterocycles. The van der Waals surface area contributed by atoms with E-state index in [-0.39, 0.29) is 39.1 Å². The number of halogens is 1. The lowest BCUT2D eigenvalue weighted by atomic mass is 10.3. The third-order valence-electron chi connectivity index (χ3n) is 1.73. The summed E-state index contributed by atoms with van der Waals surface area (Å²) in [5.41, 5.74) is 0. The van der Waals surface area contributed by atoms with Crippen molar-refractivity contribution in [1.29, 1.82) is 0 Å². The Morgan fingerprint density at radius 1 is 1.36 bits per heavy atom. The van der Waals surface area contributed by atoms with Crippen LogP contribution >= 0.6 is 12.4 Å². The fourth-order valence-electron chi connectivity index (χ4n) is 1.13. The molecule has 0 spiro atoms. The maximum absolute atomic E-state index is 5.29. The Morgan fingerprint density at radius 3 is 2.55 bits per heavy atom. The molecule has 0 bridgehead atoms. The average Bonchev–Trinajstić information content (AvgIpc) is 2.41. The monoisotopic (exact) mass is 190 g/mol. The van der Waals surface area contributed by atoms with Gasteiger partial charge in [-0.15, -0.1) is 17.0 Å². The first kappa shape index (κ1) is 12.0. The summed E-state index contributed by atoms with van der Waals surface area (Å²) in [6.45, 7) is 1.60. The Hall–Kier alpha value is 0.976. The van der Waals surface area contributed by atoms with Crippen LogP contribution < -0.4 is 0 Å². The van der Waals surface area contributed by atoms with Crippen LogP contribution in [0.15, 0.2) is 0 Å². The molecule has 1 saturated heterocycles. The van der Waals surface area contributed by atoms with Gasteiger partial charge in [0.1, 0.15) is 0 Å². The molecule has 0 atom stereocenters. The Bertz CT molecular complexity index is 86.5. The highest BCUT2D eigenvalue weighted by Gasteiger charge is 2.14. The Morgan fingerprint density at radius 2 is 2.00 bits per heavy atom. The van der Waals surface area contributed by atoms with Gasteiger partial charge in [-0.05, 0) is 6.42 Å². The molecule has 0 aliphatic carbocycles. The molecule has 1 fully saturated rings. The van der Waals surface area contributed by atoms with Crippen LogP contribution in [0.2, 0.25) is 9.60 Å².